The summed E-state index contributed by atoms with van der Waals surface area (Å²) in [7, 11) is 1.19. The first-order chi connectivity index (χ1) is 10.2. The van der Waals surface area contributed by atoms with Gasteiger partial charge in [-0.15, -0.1) is 0 Å². The molecular weight excluding hydrogens is 272 g/mol. The van der Waals surface area contributed by atoms with Crippen LogP contribution in [0, 0.1) is 0 Å². The molecule has 0 N–H and O–H groups in total. The zero-order valence-corrected chi connectivity index (χ0v) is 11.4. The van der Waals surface area contributed by atoms with Gasteiger partial charge in [-0.2, -0.15) is 0 Å². The predicted octanol–water partition coefficient (Wildman–Crippen LogP) is 2.68. The number of hydrogen-bond donors (Lipinski definition) is 0. The van der Waals surface area contributed by atoms with E-state index in [1.54, 1.807) is 10.6 Å². The minimum absolute atomic E-state index is 0.0457. The van der Waals surface area contributed by atoms with Gasteiger partial charge in [0.15, 0.2) is 0 Å². The summed E-state index contributed by atoms with van der Waals surface area (Å²) in [5.74, 6) is -0.788. The lowest BCUT2D eigenvalue weighted by Gasteiger charge is -2.21. The molecule has 7 heteroatoms. The number of aryl methyl sites for hydroxylation is 2. The van der Waals surface area contributed by atoms with Crippen LogP contribution in [-0.2, 0) is 17.7 Å². The highest BCUT2D eigenvalue weighted by molar-refractivity contribution is 6.04. The van der Waals surface area contributed by atoms with Crippen molar-refractivity contribution >= 4 is 22.6 Å². The molecule has 1 aliphatic heterocycles. The molecule has 2 aromatic rings. The summed E-state index contributed by atoms with van der Waals surface area (Å²) in [5, 5.41) is 4.17. The Balaban J connectivity index is 2.56. The third-order valence-corrected chi connectivity index (χ3v) is 3.70. The Morgan fingerprint density at radius 2 is 2.29 bits per heavy atom. The SMILES string of the molecule is COC(=O)c1c(N=[N+]=[N-])c2cccc3c2n(c1=O)CCC3. The van der Waals surface area contributed by atoms with E-state index < -0.39 is 11.5 Å². The van der Waals surface area contributed by atoms with Gasteiger partial charge in [0.25, 0.3) is 5.56 Å². The van der Waals surface area contributed by atoms with E-state index in [0.717, 1.165) is 23.9 Å². The van der Waals surface area contributed by atoms with Crippen molar-refractivity contribution in [2.24, 2.45) is 5.11 Å². The number of methoxy groups -OCH3 is 1. The van der Waals surface area contributed by atoms with Gasteiger partial charge in [0.05, 0.1) is 18.3 Å². The summed E-state index contributed by atoms with van der Waals surface area (Å²) < 4.78 is 6.23. The summed E-state index contributed by atoms with van der Waals surface area (Å²) in [6.45, 7) is 0.535. The molecule has 0 saturated heterocycles. The van der Waals surface area contributed by atoms with Gasteiger partial charge >= 0.3 is 5.97 Å². The molecule has 7 nitrogen and oxygen atoms in total. The molecule has 1 aromatic carbocycles. The van der Waals surface area contributed by atoms with E-state index in [0.29, 0.717) is 11.9 Å². The minimum atomic E-state index is -0.788. The van der Waals surface area contributed by atoms with Crippen LogP contribution in [0.25, 0.3) is 21.3 Å². The Morgan fingerprint density at radius 3 is 3.00 bits per heavy atom. The molecule has 21 heavy (non-hydrogen) atoms. The number of carbonyl (C=O) groups excluding carboxylic acids is 1. The number of ether oxygens (including phenoxy) is 1. The second-order valence-electron chi connectivity index (χ2n) is 4.78. The van der Waals surface area contributed by atoms with Gasteiger partial charge in [-0.3, -0.25) is 4.79 Å². The largest absolute Gasteiger partial charge is 0.465 e. The summed E-state index contributed by atoms with van der Waals surface area (Å²) in [6, 6.07) is 5.51. The van der Waals surface area contributed by atoms with Gasteiger partial charge in [-0.1, -0.05) is 23.3 Å². The zero-order valence-electron chi connectivity index (χ0n) is 11.4. The Kier molecular flexibility index (Phi) is 3.12. The number of pyridine rings is 1. The average molecular weight is 284 g/mol. The smallest absolute Gasteiger partial charge is 0.344 e. The standard InChI is InChI=1S/C14H12N4O3/c1-21-14(20)10-11(16-17-15)9-6-2-4-8-5-3-7-18(12(8)9)13(10)19/h2,4,6H,3,5,7H2,1H3. The molecular formula is C14H12N4O3. The van der Waals surface area contributed by atoms with Crippen molar-refractivity contribution in [1.29, 1.82) is 0 Å². The van der Waals surface area contributed by atoms with Gasteiger partial charge in [0.1, 0.15) is 5.56 Å². The molecule has 0 spiro atoms. The van der Waals surface area contributed by atoms with E-state index in [4.69, 9.17) is 5.53 Å². The lowest BCUT2D eigenvalue weighted by atomic mass is 9.98. The Morgan fingerprint density at radius 1 is 1.48 bits per heavy atom. The van der Waals surface area contributed by atoms with Crippen LogP contribution in [0.1, 0.15) is 22.3 Å². The van der Waals surface area contributed by atoms with Crippen molar-refractivity contribution in [3.63, 3.8) is 0 Å². The van der Waals surface area contributed by atoms with Crippen molar-refractivity contribution in [2.45, 2.75) is 19.4 Å². The monoisotopic (exact) mass is 284 g/mol. The highest BCUT2D eigenvalue weighted by Gasteiger charge is 2.24. The first kappa shape index (κ1) is 13.2. The number of benzene rings is 1. The molecule has 1 aromatic heterocycles. The average Bonchev–Trinajstić information content (AvgIpc) is 2.52. The Hall–Kier alpha value is -2.79. The maximum absolute atomic E-state index is 12.6. The first-order valence-corrected chi connectivity index (χ1v) is 6.51. The van der Waals surface area contributed by atoms with E-state index in [9.17, 15) is 9.59 Å². The van der Waals surface area contributed by atoms with Crippen LogP contribution in [0.4, 0.5) is 5.69 Å². The highest BCUT2D eigenvalue weighted by atomic mass is 16.5. The van der Waals surface area contributed by atoms with E-state index in [1.807, 2.05) is 12.1 Å². The van der Waals surface area contributed by atoms with Gasteiger partial charge in [-0.05, 0) is 23.9 Å². The maximum Gasteiger partial charge on any atom is 0.344 e. The number of azide groups is 1. The summed E-state index contributed by atoms with van der Waals surface area (Å²) >= 11 is 0. The molecule has 0 unspecified atom stereocenters. The molecule has 2 heterocycles. The third-order valence-electron chi connectivity index (χ3n) is 3.70. The quantitative estimate of drug-likeness (QED) is 0.367. The Labute approximate surface area is 119 Å². The van der Waals surface area contributed by atoms with Crippen molar-refractivity contribution < 1.29 is 9.53 Å². The number of hydrogen-bond acceptors (Lipinski definition) is 4. The minimum Gasteiger partial charge on any atom is -0.465 e. The number of nitrogens with zero attached hydrogens (tertiary/aromatic N) is 4. The third kappa shape index (κ3) is 1.86. The number of esters is 1. The number of rotatable bonds is 2. The molecule has 0 aliphatic carbocycles. The highest BCUT2D eigenvalue weighted by Crippen LogP contribution is 2.33. The van der Waals surface area contributed by atoms with E-state index in [2.05, 4.69) is 14.8 Å². The van der Waals surface area contributed by atoms with Crippen molar-refractivity contribution in [1.82, 2.24) is 4.57 Å². The summed E-state index contributed by atoms with van der Waals surface area (Å²) in [4.78, 5) is 27.2. The van der Waals surface area contributed by atoms with Crippen LogP contribution in [0.2, 0.25) is 0 Å². The van der Waals surface area contributed by atoms with Gasteiger partial charge < -0.3 is 9.30 Å². The summed E-state index contributed by atoms with van der Waals surface area (Å²) in [5.41, 5.74) is 9.88. The van der Waals surface area contributed by atoms with Crippen LogP contribution in [0.5, 0.6) is 0 Å². The van der Waals surface area contributed by atoms with E-state index in [-0.39, 0.29) is 11.3 Å². The zero-order chi connectivity index (χ0) is 15.0. The van der Waals surface area contributed by atoms with Crippen LogP contribution >= 0.6 is 0 Å². The number of carbonyl (C=O) groups is 1. The molecule has 0 atom stereocenters. The maximum atomic E-state index is 12.6. The molecule has 3 rings (SSSR count). The molecule has 1 aliphatic rings. The molecule has 0 saturated carbocycles. The molecule has 0 fully saturated rings. The number of aromatic nitrogens is 1. The van der Waals surface area contributed by atoms with Gasteiger partial charge in [0.2, 0.25) is 0 Å². The topological polar surface area (TPSA) is 97.1 Å². The lowest BCUT2D eigenvalue weighted by Crippen LogP contribution is -2.30. The van der Waals surface area contributed by atoms with Crippen LogP contribution < -0.4 is 5.56 Å². The fourth-order valence-corrected chi connectivity index (χ4v) is 2.85. The van der Waals surface area contributed by atoms with Gasteiger partial charge in [0, 0.05) is 16.8 Å². The van der Waals surface area contributed by atoms with E-state index in [1.165, 1.54) is 7.11 Å². The number of para-hydroxylation sites is 1. The van der Waals surface area contributed by atoms with Crippen LogP contribution in [-0.4, -0.2) is 17.6 Å². The van der Waals surface area contributed by atoms with Crippen molar-refractivity contribution in [3.8, 4) is 0 Å². The van der Waals surface area contributed by atoms with Crippen molar-refractivity contribution in [2.75, 3.05) is 7.11 Å². The fourth-order valence-electron chi connectivity index (χ4n) is 2.85. The van der Waals surface area contributed by atoms with E-state index >= 15 is 0 Å². The van der Waals surface area contributed by atoms with Gasteiger partial charge in [-0.25, -0.2) is 4.79 Å². The van der Waals surface area contributed by atoms with Crippen LogP contribution in [0.3, 0.4) is 0 Å². The molecule has 0 amide bonds. The summed E-state index contributed by atoms with van der Waals surface area (Å²) in [6.07, 6.45) is 1.68. The lowest BCUT2D eigenvalue weighted by molar-refractivity contribution is 0.0599. The Bertz CT molecular complexity index is 863. The predicted molar refractivity (Wildman–Crippen MR) is 76.7 cm³/mol. The second kappa shape index (κ2) is 4.96. The molecule has 0 bridgehead atoms. The first-order valence-electron chi connectivity index (χ1n) is 6.51. The normalized spacial score (nSPS) is 12.8. The van der Waals surface area contributed by atoms with Crippen molar-refractivity contribution in [3.05, 3.63) is 50.1 Å². The fraction of sp³-hybridized carbons (Fsp3) is 0.286. The molecule has 0 radical (unpaired) electrons. The van der Waals surface area contributed by atoms with Crippen LogP contribution in [0.15, 0.2) is 28.1 Å². The second-order valence-corrected chi connectivity index (χ2v) is 4.78. The molecule has 106 valence electrons.